The topological polar surface area (TPSA) is 29.9 Å². The molecular formula is C13H23N3S. The maximum atomic E-state index is 4.05. The van der Waals surface area contributed by atoms with Crippen molar-refractivity contribution in [2.75, 3.05) is 12.3 Å². The Bertz CT molecular complexity index is 300. The lowest BCUT2D eigenvalue weighted by atomic mass is 10.2. The number of hydrogen-bond donors (Lipinski definition) is 1. The fourth-order valence-corrected chi connectivity index (χ4v) is 3.77. The Morgan fingerprint density at radius 1 is 1.47 bits per heavy atom. The second-order valence-electron chi connectivity index (χ2n) is 4.64. The minimum Gasteiger partial charge on any atom is -0.337 e. The molecule has 1 fully saturated rings. The highest BCUT2D eigenvalue weighted by Crippen LogP contribution is 2.29. The summed E-state index contributed by atoms with van der Waals surface area (Å²) in [7, 11) is 0. The minimum atomic E-state index is 0.753. The first-order valence-electron chi connectivity index (χ1n) is 6.71. The highest BCUT2D eigenvalue weighted by atomic mass is 32.2. The summed E-state index contributed by atoms with van der Waals surface area (Å²) in [6, 6.07) is 0.753. The molecule has 0 aromatic carbocycles. The van der Waals surface area contributed by atoms with E-state index < -0.39 is 0 Å². The van der Waals surface area contributed by atoms with Crippen molar-refractivity contribution in [2.24, 2.45) is 0 Å². The molecule has 96 valence electrons. The number of imidazole rings is 1. The average Bonchev–Trinajstić information content (AvgIpc) is 2.96. The molecule has 1 aromatic heterocycles. The van der Waals surface area contributed by atoms with Crippen molar-refractivity contribution in [1.29, 1.82) is 0 Å². The predicted molar refractivity (Wildman–Crippen MR) is 74.4 cm³/mol. The van der Waals surface area contributed by atoms with Gasteiger partial charge in [0, 0.05) is 30.2 Å². The number of aryl methyl sites for hydroxylation is 1. The second-order valence-corrected chi connectivity index (χ2v) is 6.16. The first-order valence-corrected chi connectivity index (χ1v) is 7.75. The lowest BCUT2D eigenvalue weighted by molar-refractivity contribution is 0.501. The van der Waals surface area contributed by atoms with Crippen molar-refractivity contribution in [3.63, 3.8) is 0 Å². The molecule has 1 N–H and O–H groups in total. The van der Waals surface area contributed by atoms with Crippen LogP contribution < -0.4 is 5.32 Å². The Kier molecular flexibility index (Phi) is 5.39. The van der Waals surface area contributed by atoms with E-state index in [2.05, 4.69) is 33.6 Å². The van der Waals surface area contributed by atoms with Crippen LogP contribution in [0.1, 0.15) is 32.6 Å². The van der Waals surface area contributed by atoms with Gasteiger partial charge in [-0.15, -0.1) is 0 Å². The number of thioether (sulfide) groups is 1. The Hall–Kier alpha value is -0.480. The van der Waals surface area contributed by atoms with Crippen LogP contribution in [0.5, 0.6) is 0 Å². The molecule has 0 aliphatic heterocycles. The van der Waals surface area contributed by atoms with Gasteiger partial charge in [-0.1, -0.05) is 13.3 Å². The Balaban J connectivity index is 1.61. The smallest absolute Gasteiger partial charge is 0.0945 e. The Morgan fingerprint density at radius 3 is 3.18 bits per heavy atom. The van der Waals surface area contributed by atoms with Gasteiger partial charge in [0.1, 0.15) is 0 Å². The summed E-state index contributed by atoms with van der Waals surface area (Å²) in [6.45, 7) is 4.47. The van der Waals surface area contributed by atoms with E-state index in [0.717, 1.165) is 24.4 Å². The third-order valence-corrected chi connectivity index (χ3v) is 4.72. The molecule has 1 aromatic rings. The van der Waals surface area contributed by atoms with Crippen LogP contribution in [0.2, 0.25) is 0 Å². The molecule has 1 heterocycles. The molecule has 2 atom stereocenters. The van der Waals surface area contributed by atoms with Gasteiger partial charge in [-0.05, 0) is 31.6 Å². The maximum absolute atomic E-state index is 4.05. The average molecular weight is 253 g/mol. The van der Waals surface area contributed by atoms with E-state index in [4.69, 9.17) is 0 Å². The molecule has 0 bridgehead atoms. The molecule has 0 amide bonds. The third kappa shape index (κ3) is 4.03. The second kappa shape index (κ2) is 7.07. The van der Waals surface area contributed by atoms with Gasteiger partial charge in [0.25, 0.3) is 0 Å². The van der Waals surface area contributed by atoms with Crippen LogP contribution in [0.4, 0.5) is 0 Å². The molecule has 0 spiro atoms. The van der Waals surface area contributed by atoms with Crippen LogP contribution in [0, 0.1) is 0 Å². The standard InChI is InChI=1S/C13H23N3S/c1-2-17-13-6-3-5-12(13)15-7-4-9-16-10-8-14-11-16/h8,10-13,15H,2-7,9H2,1H3. The van der Waals surface area contributed by atoms with E-state index >= 15 is 0 Å². The zero-order valence-corrected chi connectivity index (χ0v) is 11.5. The summed E-state index contributed by atoms with van der Waals surface area (Å²) < 4.78 is 2.15. The molecule has 0 radical (unpaired) electrons. The fourth-order valence-electron chi connectivity index (χ4n) is 2.54. The highest BCUT2D eigenvalue weighted by Gasteiger charge is 2.26. The van der Waals surface area contributed by atoms with Crippen LogP contribution >= 0.6 is 11.8 Å². The molecule has 1 aliphatic carbocycles. The van der Waals surface area contributed by atoms with Crippen molar-refractivity contribution < 1.29 is 0 Å². The van der Waals surface area contributed by atoms with Crippen molar-refractivity contribution in [3.8, 4) is 0 Å². The normalized spacial score (nSPS) is 24.3. The Morgan fingerprint density at radius 2 is 2.41 bits per heavy atom. The molecule has 0 saturated heterocycles. The van der Waals surface area contributed by atoms with Gasteiger partial charge in [-0.3, -0.25) is 0 Å². The van der Waals surface area contributed by atoms with Gasteiger partial charge in [0.05, 0.1) is 6.33 Å². The number of nitrogens with zero attached hydrogens (tertiary/aromatic N) is 2. The zero-order valence-electron chi connectivity index (χ0n) is 10.6. The first kappa shape index (κ1) is 13.0. The van der Waals surface area contributed by atoms with Crippen LogP contribution in [0.3, 0.4) is 0 Å². The molecule has 3 nitrogen and oxygen atoms in total. The maximum Gasteiger partial charge on any atom is 0.0945 e. The first-order chi connectivity index (χ1) is 8.40. The largest absolute Gasteiger partial charge is 0.337 e. The summed E-state index contributed by atoms with van der Waals surface area (Å²) in [5.41, 5.74) is 0. The van der Waals surface area contributed by atoms with Gasteiger partial charge in [-0.2, -0.15) is 11.8 Å². The van der Waals surface area contributed by atoms with Crippen molar-refractivity contribution in [1.82, 2.24) is 14.9 Å². The van der Waals surface area contributed by atoms with E-state index in [1.54, 1.807) is 0 Å². The summed E-state index contributed by atoms with van der Waals surface area (Å²) >= 11 is 2.13. The monoisotopic (exact) mass is 253 g/mol. The molecule has 2 unspecified atom stereocenters. The van der Waals surface area contributed by atoms with E-state index in [9.17, 15) is 0 Å². The highest BCUT2D eigenvalue weighted by molar-refractivity contribution is 7.99. The summed E-state index contributed by atoms with van der Waals surface area (Å²) in [5, 5.41) is 4.58. The molecular weight excluding hydrogens is 230 g/mol. The van der Waals surface area contributed by atoms with Crippen LogP contribution in [0.25, 0.3) is 0 Å². The van der Waals surface area contributed by atoms with Gasteiger partial charge in [-0.25, -0.2) is 4.98 Å². The minimum absolute atomic E-state index is 0.753. The zero-order chi connectivity index (χ0) is 11.9. The third-order valence-electron chi connectivity index (χ3n) is 3.39. The van der Waals surface area contributed by atoms with E-state index in [1.807, 2.05) is 18.7 Å². The van der Waals surface area contributed by atoms with Gasteiger partial charge in [0.2, 0.25) is 0 Å². The lowest BCUT2D eigenvalue weighted by Gasteiger charge is -2.20. The van der Waals surface area contributed by atoms with Crippen LogP contribution in [-0.2, 0) is 6.54 Å². The van der Waals surface area contributed by atoms with Crippen LogP contribution in [0.15, 0.2) is 18.7 Å². The van der Waals surface area contributed by atoms with Crippen molar-refractivity contribution >= 4 is 11.8 Å². The van der Waals surface area contributed by atoms with E-state index in [1.165, 1.54) is 31.4 Å². The van der Waals surface area contributed by atoms with Gasteiger partial charge in [0.15, 0.2) is 0 Å². The van der Waals surface area contributed by atoms with E-state index in [0.29, 0.717) is 0 Å². The predicted octanol–water partition coefficient (Wildman–Crippen LogP) is 2.54. The van der Waals surface area contributed by atoms with E-state index in [-0.39, 0.29) is 0 Å². The number of hydrogen-bond acceptors (Lipinski definition) is 3. The Labute approximate surface area is 108 Å². The number of aromatic nitrogens is 2. The SMILES string of the molecule is CCSC1CCCC1NCCCn1ccnc1. The molecule has 2 rings (SSSR count). The lowest BCUT2D eigenvalue weighted by Crippen LogP contribution is -2.35. The molecule has 1 saturated carbocycles. The number of rotatable bonds is 7. The number of nitrogens with one attached hydrogen (secondary N) is 1. The quantitative estimate of drug-likeness (QED) is 0.757. The van der Waals surface area contributed by atoms with Crippen molar-refractivity contribution in [3.05, 3.63) is 18.7 Å². The van der Waals surface area contributed by atoms with Crippen molar-refractivity contribution in [2.45, 2.75) is 50.4 Å². The van der Waals surface area contributed by atoms with Crippen LogP contribution in [-0.4, -0.2) is 33.1 Å². The summed E-state index contributed by atoms with van der Waals surface area (Å²) in [6.07, 6.45) is 11.1. The van der Waals surface area contributed by atoms with Gasteiger partial charge >= 0.3 is 0 Å². The fraction of sp³-hybridized carbons (Fsp3) is 0.769. The van der Waals surface area contributed by atoms with Gasteiger partial charge < -0.3 is 9.88 Å². The molecule has 1 aliphatic rings. The molecule has 4 heteroatoms. The molecule has 17 heavy (non-hydrogen) atoms. The summed E-state index contributed by atoms with van der Waals surface area (Å²) in [4.78, 5) is 4.05. The summed E-state index contributed by atoms with van der Waals surface area (Å²) in [5.74, 6) is 1.25.